The monoisotopic (exact) mass is 402 g/mol. The summed E-state index contributed by atoms with van der Waals surface area (Å²) in [5, 5.41) is 11.5. The van der Waals surface area contributed by atoms with Gasteiger partial charge in [0.2, 0.25) is 16.0 Å². The van der Waals surface area contributed by atoms with Crippen molar-refractivity contribution in [1.29, 1.82) is 0 Å². The molecule has 1 aromatic carbocycles. The Morgan fingerprint density at radius 1 is 1.00 bits per heavy atom. The fourth-order valence-corrected chi connectivity index (χ4v) is 4.41. The molecule has 0 spiro atoms. The van der Waals surface area contributed by atoms with Gasteiger partial charge in [0.05, 0.1) is 4.90 Å². The summed E-state index contributed by atoms with van der Waals surface area (Å²) in [6, 6.07) is 11.4. The topological polar surface area (TPSA) is 82.8 Å². The van der Waals surface area contributed by atoms with Crippen molar-refractivity contribution in [2.24, 2.45) is 0 Å². The molecule has 1 N–H and O–H groups in total. The number of sulfonamides is 1. The Morgan fingerprint density at radius 2 is 1.68 bits per heavy atom. The first-order valence-corrected chi connectivity index (χ1v) is 10.7. The molecule has 2 aromatic heterocycles. The van der Waals surface area contributed by atoms with E-state index in [2.05, 4.69) is 15.5 Å². The van der Waals surface area contributed by atoms with Crippen LogP contribution in [0.1, 0.15) is 19.4 Å². The summed E-state index contributed by atoms with van der Waals surface area (Å²) >= 11 is 0. The van der Waals surface area contributed by atoms with Gasteiger partial charge in [0, 0.05) is 45.6 Å². The summed E-state index contributed by atoms with van der Waals surface area (Å²) in [4.78, 5) is 2.27. The van der Waals surface area contributed by atoms with Crippen molar-refractivity contribution < 1.29 is 8.42 Å². The quantitative estimate of drug-likeness (QED) is 0.623. The van der Waals surface area contributed by atoms with E-state index in [4.69, 9.17) is 0 Å². The van der Waals surface area contributed by atoms with Crippen LogP contribution < -0.4 is 10.2 Å². The summed E-state index contributed by atoms with van der Waals surface area (Å²) in [7, 11) is 0.456. The van der Waals surface area contributed by atoms with E-state index in [9.17, 15) is 8.42 Å². The predicted octanol–water partition coefficient (Wildman–Crippen LogP) is 2.44. The highest BCUT2D eigenvalue weighted by Gasteiger charge is 2.22. The number of aromatic nitrogens is 3. The first-order chi connectivity index (χ1) is 13.4. The number of nitrogens with zero attached hydrogens (tertiary/aromatic N) is 5. The Labute approximate surface area is 165 Å². The fourth-order valence-electron chi connectivity index (χ4n) is 2.95. The third-order valence-electron chi connectivity index (χ3n) is 4.62. The average Bonchev–Trinajstić information content (AvgIpc) is 3.09. The van der Waals surface area contributed by atoms with Crippen LogP contribution in [-0.2, 0) is 16.6 Å². The highest BCUT2D eigenvalue weighted by atomic mass is 32.2. The minimum absolute atomic E-state index is 0.224. The van der Waals surface area contributed by atoms with Crippen LogP contribution in [0.2, 0.25) is 0 Å². The van der Waals surface area contributed by atoms with Gasteiger partial charge in [0.1, 0.15) is 0 Å². The molecule has 0 unspecified atom stereocenters. The molecular weight excluding hydrogens is 376 g/mol. The molecule has 0 aliphatic carbocycles. The number of rotatable bonds is 8. The van der Waals surface area contributed by atoms with Gasteiger partial charge in [-0.25, -0.2) is 8.42 Å². The second-order valence-corrected chi connectivity index (χ2v) is 8.56. The summed E-state index contributed by atoms with van der Waals surface area (Å²) in [5.74, 6) is 0.503. The van der Waals surface area contributed by atoms with Crippen LogP contribution in [-0.4, -0.2) is 54.5 Å². The van der Waals surface area contributed by atoms with E-state index in [-0.39, 0.29) is 4.90 Å². The maximum atomic E-state index is 12.8. The zero-order valence-electron chi connectivity index (χ0n) is 16.6. The van der Waals surface area contributed by atoms with E-state index in [0.717, 1.165) is 11.3 Å². The number of hydrogen-bond donors (Lipinski definition) is 1. The van der Waals surface area contributed by atoms with Crippen LogP contribution in [0.4, 0.5) is 11.6 Å². The number of anilines is 2. The average molecular weight is 403 g/mol. The van der Waals surface area contributed by atoms with Crippen molar-refractivity contribution in [2.75, 3.05) is 37.4 Å². The van der Waals surface area contributed by atoms with Crippen LogP contribution in [0.25, 0.3) is 5.65 Å². The normalized spacial score (nSPS) is 11.9. The number of nitrogens with one attached hydrogen (secondary N) is 1. The van der Waals surface area contributed by atoms with Crippen LogP contribution in [0.15, 0.2) is 47.5 Å². The molecule has 8 nitrogen and oxygen atoms in total. The summed E-state index contributed by atoms with van der Waals surface area (Å²) in [6.07, 6.45) is 1.57. The highest BCUT2D eigenvalue weighted by Crippen LogP contribution is 2.19. The summed E-state index contributed by atoms with van der Waals surface area (Å²) < 4.78 is 28.7. The Morgan fingerprint density at radius 3 is 2.29 bits per heavy atom. The zero-order chi connectivity index (χ0) is 20.3. The molecule has 150 valence electrons. The third-order valence-corrected chi connectivity index (χ3v) is 6.66. The molecule has 0 fully saturated rings. The number of pyridine rings is 1. The third kappa shape index (κ3) is 3.95. The molecule has 0 amide bonds. The van der Waals surface area contributed by atoms with Crippen molar-refractivity contribution in [1.82, 2.24) is 18.9 Å². The van der Waals surface area contributed by atoms with E-state index in [0.29, 0.717) is 31.2 Å². The molecule has 0 aliphatic rings. The van der Waals surface area contributed by atoms with Crippen LogP contribution in [0.5, 0.6) is 0 Å². The molecule has 0 saturated heterocycles. The molecule has 0 aliphatic heterocycles. The number of hydrogen-bond acceptors (Lipinski definition) is 6. The fraction of sp³-hybridized carbons (Fsp3) is 0.368. The van der Waals surface area contributed by atoms with Gasteiger partial charge in [-0.1, -0.05) is 26.0 Å². The van der Waals surface area contributed by atoms with Gasteiger partial charge >= 0.3 is 0 Å². The number of fused-ring (bicyclic) bond motifs is 1. The van der Waals surface area contributed by atoms with Crippen LogP contribution >= 0.6 is 0 Å². The molecule has 9 heteroatoms. The van der Waals surface area contributed by atoms with Crippen molar-refractivity contribution in [3.63, 3.8) is 0 Å². The second kappa shape index (κ2) is 8.15. The molecule has 0 saturated carbocycles. The Kier molecular flexibility index (Phi) is 5.85. The molecular formula is C19H26N6O2S. The lowest BCUT2D eigenvalue weighted by Crippen LogP contribution is -2.30. The van der Waals surface area contributed by atoms with E-state index < -0.39 is 10.0 Å². The van der Waals surface area contributed by atoms with Crippen molar-refractivity contribution >= 4 is 27.3 Å². The minimum atomic E-state index is -3.54. The van der Waals surface area contributed by atoms with Gasteiger partial charge in [0.25, 0.3) is 0 Å². The maximum Gasteiger partial charge on any atom is 0.244 e. The lowest BCUT2D eigenvalue weighted by atomic mass is 10.2. The molecule has 0 bridgehead atoms. The predicted molar refractivity (Wildman–Crippen MR) is 111 cm³/mol. The first-order valence-electron chi connectivity index (χ1n) is 9.22. The lowest BCUT2D eigenvalue weighted by molar-refractivity contribution is 0.445. The van der Waals surface area contributed by atoms with Gasteiger partial charge in [-0.15, -0.1) is 10.2 Å². The maximum absolute atomic E-state index is 12.8. The first kappa shape index (κ1) is 20.1. The van der Waals surface area contributed by atoms with Crippen LogP contribution in [0, 0.1) is 0 Å². The standard InChI is InChI=1S/C19H26N6O2S/c1-5-24(6-2)28(26,27)17-11-12-18-21-22-19(25(18)14-17)20-13-15-7-9-16(10-8-15)23(3)4/h7-12,14H,5-6,13H2,1-4H3,(H,20,22). The summed E-state index contributed by atoms with van der Waals surface area (Å²) in [5.41, 5.74) is 2.81. The zero-order valence-corrected chi connectivity index (χ0v) is 17.4. The van der Waals surface area contributed by atoms with Gasteiger partial charge in [0.15, 0.2) is 5.65 Å². The lowest BCUT2D eigenvalue weighted by Gasteiger charge is -2.18. The number of benzene rings is 1. The molecule has 3 rings (SSSR count). The Hall–Kier alpha value is -2.65. The highest BCUT2D eigenvalue weighted by molar-refractivity contribution is 7.89. The molecule has 3 aromatic rings. The minimum Gasteiger partial charge on any atom is -0.378 e. The SMILES string of the molecule is CCN(CC)S(=O)(=O)c1ccc2nnc(NCc3ccc(N(C)C)cc3)n2c1. The smallest absolute Gasteiger partial charge is 0.244 e. The molecule has 2 heterocycles. The molecule has 0 atom stereocenters. The van der Waals surface area contributed by atoms with E-state index >= 15 is 0 Å². The molecule has 28 heavy (non-hydrogen) atoms. The molecule has 0 radical (unpaired) electrons. The van der Waals surface area contributed by atoms with E-state index in [1.54, 1.807) is 22.7 Å². The van der Waals surface area contributed by atoms with E-state index in [1.165, 1.54) is 4.31 Å². The van der Waals surface area contributed by atoms with Gasteiger partial charge in [-0.3, -0.25) is 4.40 Å². The van der Waals surface area contributed by atoms with Gasteiger partial charge < -0.3 is 10.2 Å². The van der Waals surface area contributed by atoms with Crippen molar-refractivity contribution in [2.45, 2.75) is 25.3 Å². The van der Waals surface area contributed by atoms with Crippen molar-refractivity contribution in [3.05, 3.63) is 48.2 Å². The van der Waals surface area contributed by atoms with Crippen LogP contribution in [0.3, 0.4) is 0 Å². The van der Waals surface area contributed by atoms with Gasteiger partial charge in [-0.2, -0.15) is 4.31 Å². The van der Waals surface area contributed by atoms with E-state index in [1.807, 2.05) is 57.1 Å². The largest absolute Gasteiger partial charge is 0.378 e. The Balaban J connectivity index is 1.84. The summed E-state index contributed by atoms with van der Waals surface area (Å²) in [6.45, 7) is 5.06. The Bertz CT molecular complexity index is 1040. The second-order valence-electron chi connectivity index (χ2n) is 6.62. The van der Waals surface area contributed by atoms with Crippen molar-refractivity contribution in [3.8, 4) is 0 Å². The van der Waals surface area contributed by atoms with Gasteiger partial charge in [-0.05, 0) is 29.8 Å².